The van der Waals surface area contributed by atoms with Gasteiger partial charge in [-0.1, -0.05) is 37.7 Å². The van der Waals surface area contributed by atoms with Crippen molar-refractivity contribution in [3.05, 3.63) is 71.0 Å². The lowest BCUT2D eigenvalue weighted by atomic mass is 9.99. The zero-order valence-corrected chi connectivity index (χ0v) is 13.4. The van der Waals surface area contributed by atoms with Gasteiger partial charge in [0.25, 0.3) is 0 Å². The minimum absolute atomic E-state index is 0.129. The number of carbonyl (C=O) groups excluding carboxylic acids is 1. The van der Waals surface area contributed by atoms with E-state index in [0.29, 0.717) is 11.1 Å². The average molecular weight is 296 g/mol. The van der Waals surface area contributed by atoms with Crippen LogP contribution in [0.15, 0.2) is 48.5 Å². The quantitative estimate of drug-likeness (QED) is 0.459. The fourth-order valence-corrected chi connectivity index (χ4v) is 2.31. The minimum atomic E-state index is -1.51. The maximum atomic E-state index is 13.0. The van der Waals surface area contributed by atoms with Crippen molar-refractivity contribution in [3.8, 4) is 11.5 Å². The van der Waals surface area contributed by atoms with Gasteiger partial charge in [-0.05, 0) is 36.4 Å². The summed E-state index contributed by atoms with van der Waals surface area (Å²) >= 11 is 0. The Bertz CT molecular complexity index is 715. The van der Waals surface area contributed by atoms with Crippen LogP contribution in [0.5, 0.6) is 0 Å². The maximum Gasteiger partial charge on any atom is 0.194 e. The van der Waals surface area contributed by atoms with Crippen molar-refractivity contribution >= 4 is 13.9 Å². The van der Waals surface area contributed by atoms with Crippen molar-refractivity contribution in [2.75, 3.05) is 0 Å². The van der Waals surface area contributed by atoms with Crippen molar-refractivity contribution < 1.29 is 9.18 Å². The van der Waals surface area contributed by atoms with Crippen LogP contribution in [-0.4, -0.2) is 13.9 Å². The fourth-order valence-electron chi connectivity index (χ4n) is 1.80. The van der Waals surface area contributed by atoms with Crippen molar-refractivity contribution in [1.82, 2.24) is 0 Å². The second kappa shape index (κ2) is 6.07. The Morgan fingerprint density at radius 3 is 2.24 bits per heavy atom. The van der Waals surface area contributed by atoms with Gasteiger partial charge in [-0.25, -0.2) is 4.39 Å². The van der Waals surface area contributed by atoms with Crippen molar-refractivity contribution in [3.63, 3.8) is 0 Å². The van der Waals surface area contributed by atoms with E-state index in [4.69, 9.17) is 0 Å². The molecule has 0 atom stereocenters. The van der Waals surface area contributed by atoms with Gasteiger partial charge >= 0.3 is 0 Å². The molecule has 2 aromatic carbocycles. The Morgan fingerprint density at radius 2 is 1.62 bits per heavy atom. The number of hydrogen-bond donors (Lipinski definition) is 0. The predicted octanol–water partition coefficient (Wildman–Crippen LogP) is 4.29. The molecule has 21 heavy (non-hydrogen) atoms. The van der Waals surface area contributed by atoms with E-state index in [1.165, 1.54) is 24.3 Å². The first kappa shape index (κ1) is 15.2. The summed E-state index contributed by atoms with van der Waals surface area (Å²) in [6, 6.07) is 12.9. The molecule has 0 heterocycles. The molecule has 0 amide bonds. The number of rotatable bonds is 2. The molecule has 1 nitrogen and oxygen atoms in total. The largest absolute Gasteiger partial charge is 0.289 e. The summed E-state index contributed by atoms with van der Waals surface area (Å²) < 4.78 is 13.0. The van der Waals surface area contributed by atoms with Crippen LogP contribution in [0.2, 0.25) is 19.6 Å². The monoisotopic (exact) mass is 296 g/mol. The molecule has 2 rings (SSSR count). The van der Waals surface area contributed by atoms with Crippen molar-refractivity contribution in [1.29, 1.82) is 0 Å². The topological polar surface area (TPSA) is 17.1 Å². The molecule has 0 spiro atoms. The molecule has 3 heteroatoms. The molecular formula is C18H17FOSi. The van der Waals surface area contributed by atoms with Crippen molar-refractivity contribution in [2.24, 2.45) is 0 Å². The molecule has 0 aliphatic heterocycles. The van der Waals surface area contributed by atoms with Gasteiger partial charge in [-0.2, -0.15) is 0 Å². The van der Waals surface area contributed by atoms with Gasteiger partial charge in [0, 0.05) is 16.7 Å². The predicted molar refractivity (Wildman–Crippen MR) is 86.5 cm³/mol. The average Bonchev–Trinajstić information content (AvgIpc) is 2.45. The lowest BCUT2D eigenvalue weighted by Gasteiger charge is -2.06. The molecule has 0 saturated heterocycles. The van der Waals surface area contributed by atoms with Gasteiger partial charge < -0.3 is 0 Å². The van der Waals surface area contributed by atoms with Gasteiger partial charge in [0.1, 0.15) is 13.9 Å². The summed E-state index contributed by atoms with van der Waals surface area (Å²) in [6.07, 6.45) is 0. The summed E-state index contributed by atoms with van der Waals surface area (Å²) in [5, 5.41) is 0. The Labute approximate surface area is 125 Å². The Balaban J connectivity index is 2.42. The highest BCUT2D eigenvalue weighted by molar-refractivity contribution is 6.83. The number of carbonyl (C=O) groups is 1. The second-order valence-corrected chi connectivity index (χ2v) is 10.6. The van der Waals surface area contributed by atoms with Crippen LogP contribution >= 0.6 is 0 Å². The van der Waals surface area contributed by atoms with E-state index in [2.05, 4.69) is 31.1 Å². The standard InChI is InChI=1S/C18H17FOSi/c1-21(2,3)13-12-14-6-4-5-7-17(14)18(20)15-8-10-16(19)11-9-15/h4-11H,1-3H3. The Morgan fingerprint density at radius 1 is 1.00 bits per heavy atom. The van der Waals surface area contributed by atoms with E-state index < -0.39 is 8.07 Å². The van der Waals surface area contributed by atoms with Crippen LogP contribution in [0.3, 0.4) is 0 Å². The number of halogens is 1. The lowest BCUT2D eigenvalue weighted by Crippen LogP contribution is -2.16. The van der Waals surface area contributed by atoms with Gasteiger partial charge in [0.2, 0.25) is 0 Å². The highest BCUT2D eigenvalue weighted by atomic mass is 28.3. The minimum Gasteiger partial charge on any atom is -0.289 e. The van der Waals surface area contributed by atoms with E-state index in [1.54, 1.807) is 6.07 Å². The van der Waals surface area contributed by atoms with Crippen molar-refractivity contribution in [2.45, 2.75) is 19.6 Å². The molecule has 0 aliphatic rings. The van der Waals surface area contributed by atoms with Gasteiger partial charge in [0.05, 0.1) is 0 Å². The number of benzene rings is 2. The summed E-state index contributed by atoms with van der Waals surface area (Å²) in [5.41, 5.74) is 5.04. The SMILES string of the molecule is C[Si](C)(C)C#Cc1ccccc1C(=O)c1ccc(F)cc1. The first-order valence-electron chi connectivity index (χ1n) is 6.79. The summed E-state index contributed by atoms with van der Waals surface area (Å²) in [4.78, 5) is 12.5. The zero-order chi connectivity index (χ0) is 15.5. The van der Waals surface area contributed by atoms with E-state index in [0.717, 1.165) is 5.56 Å². The summed E-state index contributed by atoms with van der Waals surface area (Å²) in [6.45, 7) is 6.47. The first-order valence-corrected chi connectivity index (χ1v) is 10.3. The molecule has 0 fully saturated rings. The van der Waals surface area contributed by atoms with Crippen LogP contribution < -0.4 is 0 Å². The zero-order valence-electron chi connectivity index (χ0n) is 12.4. The lowest BCUT2D eigenvalue weighted by molar-refractivity contribution is 0.103. The molecule has 0 aliphatic carbocycles. The van der Waals surface area contributed by atoms with Crippen LogP contribution in [0.1, 0.15) is 21.5 Å². The van der Waals surface area contributed by atoms with E-state index in [9.17, 15) is 9.18 Å². The van der Waals surface area contributed by atoms with Gasteiger partial charge in [-0.3, -0.25) is 4.79 Å². The summed E-state index contributed by atoms with van der Waals surface area (Å²) in [5.74, 6) is 2.65. The molecule has 0 aromatic heterocycles. The molecule has 0 radical (unpaired) electrons. The fraction of sp³-hybridized carbons (Fsp3) is 0.167. The van der Waals surface area contributed by atoms with E-state index in [1.807, 2.05) is 18.2 Å². The van der Waals surface area contributed by atoms with Crippen LogP contribution in [-0.2, 0) is 0 Å². The smallest absolute Gasteiger partial charge is 0.194 e. The Kier molecular flexibility index (Phi) is 4.39. The highest BCUT2D eigenvalue weighted by Gasteiger charge is 2.13. The number of hydrogen-bond acceptors (Lipinski definition) is 1. The third kappa shape index (κ3) is 4.14. The molecular weight excluding hydrogens is 279 g/mol. The Hall–Kier alpha value is -2.18. The molecule has 2 aromatic rings. The molecule has 0 unspecified atom stereocenters. The third-order valence-corrected chi connectivity index (χ3v) is 3.73. The molecule has 106 valence electrons. The first-order chi connectivity index (χ1) is 9.87. The third-order valence-electron chi connectivity index (χ3n) is 2.85. The van der Waals surface area contributed by atoms with E-state index >= 15 is 0 Å². The van der Waals surface area contributed by atoms with Gasteiger partial charge in [0.15, 0.2) is 5.78 Å². The molecule has 0 saturated carbocycles. The highest BCUT2D eigenvalue weighted by Crippen LogP contribution is 2.15. The summed E-state index contributed by atoms with van der Waals surface area (Å²) in [7, 11) is -1.51. The number of ketones is 1. The van der Waals surface area contributed by atoms with Gasteiger partial charge in [-0.15, -0.1) is 5.54 Å². The normalized spacial score (nSPS) is 10.7. The maximum absolute atomic E-state index is 13.0. The molecule has 0 bridgehead atoms. The van der Waals surface area contributed by atoms with Crippen LogP contribution in [0, 0.1) is 17.3 Å². The molecule has 0 N–H and O–H groups in total. The van der Waals surface area contributed by atoms with E-state index in [-0.39, 0.29) is 11.6 Å². The second-order valence-electron chi connectivity index (χ2n) is 5.88. The van der Waals surface area contributed by atoms with Crippen LogP contribution in [0.25, 0.3) is 0 Å². The van der Waals surface area contributed by atoms with Crippen LogP contribution in [0.4, 0.5) is 4.39 Å².